The van der Waals surface area contributed by atoms with E-state index >= 15 is 0 Å². The molecule has 1 amide bonds. The molecular weight excluding hydrogens is 272 g/mol. The lowest BCUT2D eigenvalue weighted by molar-refractivity contribution is -0.143. The van der Waals surface area contributed by atoms with E-state index in [-0.39, 0.29) is 51.7 Å². The molecule has 1 atom stereocenters. The Hall–Kier alpha value is -1.71. The summed E-state index contributed by atoms with van der Waals surface area (Å²) in [6.07, 6.45) is 0.111. The van der Waals surface area contributed by atoms with E-state index in [1.807, 2.05) is 0 Å². The maximum Gasteiger partial charge on any atom is 0.329 e. The highest BCUT2D eigenvalue weighted by atomic mass is 16.5. The zero-order valence-electron chi connectivity index (χ0n) is 11.0. The second-order valence-electron chi connectivity index (χ2n) is 3.89. The monoisotopic (exact) mass is 292 g/mol. The quantitative estimate of drug-likeness (QED) is 0.315. The smallest absolute Gasteiger partial charge is 0.329 e. The fraction of sp³-hybridized carbons (Fsp3) is 0.727. The third kappa shape index (κ3) is 11.4. The standard InChI is InChI=1S/C11H20N2O7/c12-8(11(17)18)1-2-9(14)13-3-4-19-5-6-20-7-10(15)16/h8H,1-7,12H2,(H,13,14)(H,15,16)(H,17,18). The zero-order valence-corrected chi connectivity index (χ0v) is 11.0. The van der Waals surface area contributed by atoms with Gasteiger partial charge in [0.25, 0.3) is 0 Å². The van der Waals surface area contributed by atoms with E-state index in [0.717, 1.165) is 0 Å². The van der Waals surface area contributed by atoms with Crippen LogP contribution in [0.4, 0.5) is 0 Å². The van der Waals surface area contributed by atoms with Gasteiger partial charge in [-0.2, -0.15) is 0 Å². The molecule has 0 aliphatic heterocycles. The number of amides is 1. The van der Waals surface area contributed by atoms with Gasteiger partial charge >= 0.3 is 11.9 Å². The number of carbonyl (C=O) groups excluding carboxylic acids is 1. The molecule has 0 aromatic heterocycles. The highest BCUT2D eigenvalue weighted by Gasteiger charge is 2.12. The summed E-state index contributed by atoms with van der Waals surface area (Å²) in [6.45, 7) is 0.553. The summed E-state index contributed by atoms with van der Waals surface area (Å²) < 4.78 is 9.81. The van der Waals surface area contributed by atoms with Crippen LogP contribution < -0.4 is 11.1 Å². The zero-order chi connectivity index (χ0) is 15.4. The van der Waals surface area contributed by atoms with Crippen LogP contribution in [0.2, 0.25) is 0 Å². The van der Waals surface area contributed by atoms with Crippen LogP contribution in [0.25, 0.3) is 0 Å². The summed E-state index contributed by atoms with van der Waals surface area (Å²) in [6, 6.07) is -1.04. The molecule has 20 heavy (non-hydrogen) atoms. The van der Waals surface area contributed by atoms with Gasteiger partial charge in [0.05, 0.1) is 19.8 Å². The third-order valence-corrected chi connectivity index (χ3v) is 2.17. The molecule has 9 heteroatoms. The van der Waals surface area contributed by atoms with Crippen molar-refractivity contribution in [3.63, 3.8) is 0 Å². The Bertz CT molecular complexity index is 322. The van der Waals surface area contributed by atoms with Crippen molar-refractivity contribution in [2.24, 2.45) is 5.73 Å². The fourth-order valence-electron chi connectivity index (χ4n) is 1.14. The van der Waals surface area contributed by atoms with Crippen LogP contribution in [-0.2, 0) is 23.9 Å². The molecule has 0 radical (unpaired) electrons. The number of aliphatic carboxylic acids is 2. The summed E-state index contributed by atoms with van der Waals surface area (Å²) in [5.41, 5.74) is 5.25. The minimum absolute atomic E-state index is 0.0369. The lowest BCUT2D eigenvalue weighted by Gasteiger charge is -2.08. The molecule has 0 heterocycles. The SMILES string of the molecule is NC(CCC(=O)NCCOCCOCC(=O)O)C(=O)O. The molecule has 1 unspecified atom stereocenters. The first-order valence-corrected chi connectivity index (χ1v) is 6.06. The van der Waals surface area contributed by atoms with Gasteiger partial charge in [0.1, 0.15) is 12.6 Å². The molecule has 0 aliphatic rings. The van der Waals surface area contributed by atoms with Crippen molar-refractivity contribution in [1.29, 1.82) is 0 Å². The third-order valence-electron chi connectivity index (χ3n) is 2.17. The molecule has 0 spiro atoms. The Morgan fingerprint density at radius 2 is 1.75 bits per heavy atom. The van der Waals surface area contributed by atoms with Gasteiger partial charge in [-0.05, 0) is 6.42 Å². The Morgan fingerprint density at radius 1 is 1.10 bits per heavy atom. The largest absolute Gasteiger partial charge is 0.480 e. The molecule has 0 bridgehead atoms. The summed E-state index contributed by atoms with van der Waals surface area (Å²) >= 11 is 0. The Morgan fingerprint density at radius 3 is 2.35 bits per heavy atom. The summed E-state index contributed by atoms with van der Waals surface area (Å²) in [4.78, 5) is 31.8. The van der Waals surface area contributed by atoms with Gasteiger partial charge in [0.2, 0.25) is 5.91 Å². The van der Waals surface area contributed by atoms with Gasteiger partial charge < -0.3 is 30.7 Å². The van der Waals surface area contributed by atoms with Crippen molar-refractivity contribution in [1.82, 2.24) is 5.32 Å². The second kappa shape index (κ2) is 11.1. The van der Waals surface area contributed by atoms with Gasteiger partial charge in [-0.25, -0.2) is 4.79 Å². The number of nitrogens with one attached hydrogen (secondary N) is 1. The van der Waals surface area contributed by atoms with Crippen molar-refractivity contribution in [3.05, 3.63) is 0 Å². The lowest BCUT2D eigenvalue weighted by atomic mass is 10.1. The molecule has 9 nitrogen and oxygen atoms in total. The number of carboxylic acids is 2. The molecule has 0 aromatic carbocycles. The Labute approximate surface area is 116 Å². The van der Waals surface area contributed by atoms with E-state index in [0.29, 0.717) is 0 Å². The average Bonchev–Trinajstić information content (AvgIpc) is 2.38. The van der Waals surface area contributed by atoms with Gasteiger partial charge in [-0.3, -0.25) is 9.59 Å². The maximum absolute atomic E-state index is 11.3. The average molecular weight is 292 g/mol. The first-order valence-electron chi connectivity index (χ1n) is 6.06. The van der Waals surface area contributed by atoms with Gasteiger partial charge in [-0.1, -0.05) is 0 Å². The predicted octanol–water partition coefficient (Wildman–Crippen LogP) is -1.59. The van der Waals surface area contributed by atoms with Crippen LogP contribution in [0.5, 0.6) is 0 Å². The van der Waals surface area contributed by atoms with Crippen LogP contribution in [0, 0.1) is 0 Å². The van der Waals surface area contributed by atoms with E-state index in [2.05, 4.69) is 5.32 Å². The van der Waals surface area contributed by atoms with Crippen molar-refractivity contribution >= 4 is 17.8 Å². The molecule has 0 saturated carbocycles. The van der Waals surface area contributed by atoms with Crippen molar-refractivity contribution in [2.75, 3.05) is 33.0 Å². The van der Waals surface area contributed by atoms with E-state index in [1.165, 1.54) is 0 Å². The molecular formula is C11H20N2O7. The van der Waals surface area contributed by atoms with Gasteiger partial charge in [0, 0.05) is 13.0 Å². The molecule has 0 aliphatic carbocycles. The fourth-order valence-corrected chi connectivity index (χ4v) is 1.14. The summed E-state index contributed by atoms with van der Waals surface area (Å²) in [5, 5.41) is 19.3. The lowest BCUT2D eigenvalue weighted by Crippen LogP contribution is -2.33. The van der Waals surface area contributed by atoms with Crippen LogP contribution in [0.3, 0.4) is 0 Å². The number of carboxylic acid groups (broad SMARTS) is 2. The van der Waals surface area contributed by atoms with E-state index < -0.39 is 18.0 Å². The number of nitrogens with two attached hydrogens (primary N) is 1. The van der Waals surface area contributed by atoms with Gasteiger partial charge in [-0.15, -0.1) is 0 Å². The Balaban J connectivity index is 3.35. The van der Waals surface area contributed by atoms with Crippen molar-refractivity contribution in [2.45, 2.75) is 18.9 Å². The first kappa shape index (κ1) is 18.3. The number of hydrogen-bond donors (Lipinski definition) is 4. The number of hydrogen-bond acceptors (Lipinski definition) is 6. The van der Waals surface area contributed by atoms with Crippen LogP contribution in [0.1, 0.15) is 12.8 Å². The highest BCUT2D eigenvalue weighted by molar-refractivity contribution is 5.78. The molecule has 5 N–H and O–H groups in total. The van der Waals surface area contributed by atoms with E-state index in [1.54, 1.807) is 0 Å². The normalized spacial score (nSPS) is 11.8. The van der Waals surface area contributed by atoms with Crippen LogP contribution >= 0.6 is 0 Å². The Kier molecular flexibility index (Phi) is 10.2. The second-order valence-corrected chi connectivity index (χ2v) is 3.89. The van der Waals surface area contributed by atoms with Crippen molar-refractivity contribution in [3.8, 4) is 0 Å². The molecule has 116 valence electrons. The number of carbonyl (C=O) groups is 3. The number of rotatable bonds is 12. The topological polar surface area (TPSA) is 148 Å². The molecule has 0 fully saturated rings. The first-order chi connectivity index (χ1) is 9.43. The highest BCUT2D eigenvalue weighted by Crippen LogP contribution is 1.94. The maximum atomic E-state index is 11.3. The predicted molar refractivity (Wildman–Crippen MR) is 67.1 cm³/mol. The van der Waals surface area contributed by atoms with E-state index in [9.17, 15) is 14.4 Å². The van der Waals surface area contributed by atoms with Gasteiger partial charge in [0.15, 0.2) is 0 Å². The van der Waals surface area contributed by atoms with Crippen molar-refractivity contribution < 1.29 is 34.1 Å². The molecule has 0 aromatic rings. The van der Waals surface area contributed by atoms with E-state index in [4.69, 9.17) is 25.4 Å². The summed E-state index contributed by atoms with van der Waals surface area (Å²) in [5.74, 6) is -2.48. The minimum atomic E-state index is -1.14. The minimum Gasteiger partial charge on any atom is -0.480 e. The van der Waals surface area contributed by atoms with Crippen LogP contribution in [0.15, 0.2) is 0 Å². The number of ether oxygens (including phenoxy) is 2. The van der Waals surface area contributed by atoms with Crippen LogP contribution in [-0.4, -0.2) is 67.1 Å². The molecule has 0 rings (SSSR count). The summed E-state index contributed by atoms with van der Waals surface area (Å²) in [7, 11) is 0. The molecule has 0 saturated heterocycles.